The van der Waals surface area contributed by atoms with Crippen molar-refractivity contribution in [1.29, 1.82) is 0 Å². The third-order valence-corrected chi connectivity index (χ3v) is 5.10. The topological polar surface area (TPSA) is 64.6 Å². The quantitative estimate of drug-likeness (QED) is 0.742. The third kappa shape index (κ3) is 5.35. The van der Waals surface area contributed by atoms with Crippen LogP contribution in [0.25, 0.3) is 0 Å². The van der Waals surface area contributed by atoms with Gasteiger partial charge in [-0.1, -0.05) is 18.2 Å². The highest BCUT2D eigenvalue weighted by Crippen LogP contribution is 2.28. The number of benzene rings is 2. The summed E-state index contributed by atoms with van der Waals surface area (Å²) in [5, 5.41) is 0. The number of para-hydroxylation sites is 1. The minimum Gasteiger partial charge on any atom is -0.496 e. The molecule has 0 fully saturated rings. The highest BCUT2D eigenvalue weighted by molar-refractivity contribution is 9.10. The number of sulfonamides is 1. The van der Waals surface area contributed by atoms with Crippen LogP contribution >= 0.6 is 15.9 Å². The molecule has 0 heterocycles. The second-order valence-electron chi connectivity index (χ2n) is 4.78. The van der Waals surface area contributed by atoms with E-state index in [9.17, 15) is 21.6 Å². The molecule has 2 rings (SSSR count). The van der Waals surface area contributed by atoms with E-state index in [4.69, 9.17) is 4.74 Å². The van der Waals surface area contributed by atoms with Crippen molar-refractivity contribution in [2.75, 3.05) is 7.11 Å². The number of nitrogens with one attached hydrogen (secondary N) is 1. The van der Waals surface area contributed by atoms with Crippen LogP contribution in [-0.4, -0.2) is 21.9 Å². The van der Waals surface area contributed by atoms with Gasteiger partial charge in [0.05, 0.1) is 16.5 Å². The van der Waals surface area contributed by atoms with E-state index >= 15 is 0 Å². The molecule has 25 heavy (non-hydrogen) atoms. The summed E-state index contributed by atoms with van der Waals surface area (Å²) in [5.41, 5.74) is 0.0518. The molecule has 0 spiro atoms. The Bertz CT molecular complexity index is 856. The molecule has 0 amide bonds. The van der Waals surface area contributed by atoms with Crippen LogP contribution in [0.5, 0.6) is 11.5 Å². The number of alkyl halides is 3. The first-order valence-electron chi connectivity index (χ1n) is 6.79. The Hall–Kier alpha value is -1.78. The fraction of sp³-hybridized carbons (Fsp3) is 0.200. The maximum atomic E-state index is 12.4. The monoisotopic (exact) mass is 439 g/mol. The predicted octanol–water partition coefficient (Wildman–Crippen LogP) is 3.83. The molecule has 0 saturated carbocycles. The Balaban J connectivity index is 2.19. The fourth-order valence-corrected chi connectivity index (χ4v) is 3.67. The smallest absolute Gasteiger partial charge is 0.496 e. The molecule has 1 N–H and O–H groups in total. The molecule has 0 radical (unpaired) electrons. The summed E-state index contributed by atoms with van der Waals surface area (Å²) >= 11 is 3.18. The summed E-state index contributed by atoms with van der Waals surface area (Å²) in [5.74, 6) is -0.0171. The van der Waals surface area contributed by atoms with E-state index in [1.807, 2.05) is 0 Å². The first-order chi connectivity index (χ1) is 11.6. The van der Waals surface area contributed by atoms with E-state index in [1.165, 1.54) is 43.5 Å². The molecule has 0 atom stereocenters. The minimum atomic E-state index is -4.87. The fourth-order valence-electron chi connectivity index (χ4n) is 1.94. The van der Waals surface area contributed by atoms with Crippen molar-refractivity contribution in [1.82, 2.24) is 4.72 Å². The Kier molecular flexibility index (Phi) is 5.96. The third-order valence-electron chi connectivity index (χ3n) is 3.08. The van der Waals surface area contributed by atoms with Crippen LogP contribution in [0.1, 0.15) is 5.56 Å². The van der Waals surface area contributed by atoms with Gasteiger partial charge in [0.25, 0.3) is 0 Å². The highest BCUT2D eigenvalue weighted by atomic mass is 79.9. The summed E-state index contributed by atoms with van der Waals surface area (Å²) in [6.45, 7) is -0.363. The molecule has 10 heteroatoms. The summed E-state index contributed by atoms with van der Waals surface area (Å²) in [6, 6.07) is 9.41. The van der Waals surface area contributed by atoms with Crippen molar-refractivity contribution in [3.8, 4) is 11.5 Å². The lowest BCUT2D eigenvalue weighted by molar-refractivity contribution is -0.274. The van der Waals surface area contributed by atoms with Gasteiger partial charge in [-0.2, -0.15) is 0 Å². The van der Waals surface area contributed by atoms with E-state index in [-0.39, 0.29) is 17.0 Å². The van der Waals surface area contributed by atoms with Crippen LogP contribution in [0.4, 0.5) is 13.2 Å². The summed E-state index contributed by atoms with van der Waals surface area (Å²) in [4.78, 5) is -0.0607. The molecule has 0 saturated heterocycles. The minimum absolute atomic E-state index is 0.0518. The van der Waals surface area contributed by atoms with E-state index in [2.05, 4.69) is 25.4 Å². The maximum Gasteiger partial charge on any atom is 0.573 e. The second kappa shape index (κ2) is 7.63. The van der Waals surface area contributed by atoms with E-state index in [0.717, 1.165) is 6.07 Å². The van der Waals surface area contributed by atoms with Crippen LogP contribution < -0.4 is 14.2 Å². The number of halogens is 4. The van der Waals surface area contributed by atoms with Crippen molar-refractivity contribution in [2.45, 2.75) is 17.8 Å². The van der Waals surface area contributed by atoms with Crippen molar-refractivity contribution < 1.29 is 31.1 Å². The van der Waals surface area contributed by atoms with Crippen molar-refractivity contribution in [2.24, 2.45) is 0 Å². The summed E-state index contributed by atoms with van der Waals surface area (Å²) in [7, 11) is -2.50. The Labute approximate surface area is 150 Å². The van der Waals surface area contributed by atoms with Crippen LogP contribution in [0, 0.1) is 0 Å². The van der Waals surface area contributed by atoms with Gasteiger partial charge in [0, 0.05) is 12.1 Å². The number of hydrogen-bond acceptors (Lipinski definition) is 4. The zero-order chi connectivity index (χ0) is 18.7. The zero-order valence-corrected chi connectivity index (χ0v) is 15.2. The normalized spacial score (nSPS) is 12.0. The number of ether oxygens (including phenoxy) is 2. The van der Waals surface area contributed by atoms with Crippen molar-refractivity contribution in [3.63, 3.8) is 0 Å². The number of rotatable bonds is 6. The molecule has 2 aromatic carbocycles. The summed E-state index contributed by atoms with van der Waals surface area (Å²) in [6.07, 6.45) is -4.87. The molecular weight excluding hydrogens is 427 g/mol. The Morgan fingerprint density at radius 3 is 2.40 bits per heavy atom. The van der Waals surface area contributed by atoms with Crippen LogP contribution in [0.3, 0.4) is 0 Å². The van der Waals surface area contributed by atoms with E-state index < -0.39 is 22.1 Å². The average molecular weight is 440 g/mol. The van der Waals surface area contributed by atoms with Gasteiger partial charge >= 0.3 is 6.36 Å². The summed E-state index contributed by atoms with van der Waals surface area (Å²) < 4.78 is 73.4. The number of hydrogen-bond donors (Lipinski definition) is 1. The molecule has 2 aromatic rings. The molecule has 0 unspecified atom stereocenters. The lowest BCUT2D eigenvalue weighted by Gasteiger charge is -2.14. The lowest BCUT2D eigenvalue weighted by atomic mass is 10.2. The van der Waals surface area contributed by atoms with Gasteiger partial charge in [0.15, 0.2) is 0 Å². The molecule has 5 nitrogen and oxygen atoms in total. The Morgan fingerprint density at radius 1 is 1.12 bits per heavy atom. The molecule has 0 aliphatic rings. The molecule has 0 bridgehead atoms. The second-order valence-corrected chi connectivity index (χ2v) is 7.40. The molecular formula is C15H13BrF3NO4S. The molecule has 0 aliphatic heterocycles. The van der Waals surface area contributed by atoms with Gasteiger partial charge < -0.3 is 9.47 Å². The van der Waals surface area contributed by atoms with Crippen LogP contribution in [-0.2, 0) is 16.6 Å². The Morgan fingerprint density at radius 2 is 1.80 bits per heavy atom. The highest BCUT2D eigenvalue weighted by Gasteiger charge is 2.32. The van der Waals surface area contributed by atoms with Gasteiger partial charge in [-0.3, -0.25) is 0 Å². The molecule has 0 aliphatic carbocycles. The van der Waals surface area contributed by atoms with Gasteiger partial charge in [-0.25, -0.2) is 13.1 Å². The first-order valence-corrected chi connectivity index (χ1v) is 9.07. The molecule has 136 valence electrons. The van der Waals surface area contributed by atoms with Gasteiger partial charge in [0.1, 0.15) is 11.5 Å². The van der Waals surface area contributed by atoms with E-state index in [1.54, 1.807) is 0 Å². The van der Waals surface area contributed by atoms with E-state index in [0.29, 0.717) is 10.2 Å². The predicted molar refractivity (Wildman–Crippen MR) is 87.8 cm³/mol. The standard InChI is InChI=1S/C15H13BrF3NO4S/c1-23-14-7-6-11(8-12(14)16)25(21,22)20-9-10-4-2-3-5-13(10)24-15(17,18)19/h2-8,20H,9H2,1H3. The van der Waals surface area contributed by atoms with Crippen molar-refractivity contribution in [3.05, 3.63) is 52.5 Å². The SMILES string of the molecule is COc1ccc(S(=O)(=O)NCc2ccccc2OC(F)(F)F)cc1Br. The van der Waals surface area contributed by atoms with Crippen LogP contribution in [0.2, 0.25) is 0 Å². The number of methoxy groups -OCH3 is 1. The first kappa shape index (κ1) is 19.5. The van der Waals surface area contributed by atoms with Gasteiger partial charge in [-0.05, 0) is 40.2 Å². The van der Waals surface area contributed by atoms with Gasteiger partial charge in [0.2, 0.25) is 10.0 Å². The van der Waals surface area contributed by atoms with Crippen molar-refractivity contribution >= 4 is 26.0 Å². The van der Waals surface area contributed by atoms with Gasteiger partial charge in [-0.15, -0.1) is 13.2 Å². The zero-order valence-electron chi connectivity index (χ0n) is 12.8. The maximum absolute atomic E-state index is 12.4. The molecule has 0 aromatic heterocycles. The largest absolute Gasteiger partial charge is 0.573 e. The lowest BCUT2D eigenvalue weighted by Crippen LogP contribution is -2.24. The van der Waals surface area contributed by atoms with Crippen LogP contribution in [0.15, 0.2) is 51.8 Å². The average Bonchev–Trinajstić information content (AvgIpc) is 2.52.